The van der Waals surface area contributed by atoms with Crippen LogP contribution in [0.4, 0.5) is 0 Å². The van der Waals surface area contributed by atoms with E-state index in [2.05, 4.69) is 64.6 Å². The third-order valence-electron chi connectivity index (χ3n) is 2.98. The van der Waals surface area contributed by atoms with E-state index in [9.17, 15) is 0 Å². The molecule has 0 spiro atoms. The number of aryl methyl sites for hydroxylation is 2. The molecule has 1 atom stereocenters. The Bertz CT molecular complexity index is 518. The zero-order valence-corrected chi connectivity index (χ0v) is 12.1. The van der Waals surface area contributed by atoms with Gasteiger partial charge in [-0.2, -0.15) is 5.10 Å². The molecule has 5 heteroatoms. The van der Waals surface area contributed by atoms with Crippen LogP contribution in [0.25, 0.3) is 0 Å². The third kappa shape index (κ3) is 2.48. The molecule has 1 heterocycles. The molecule has 2 rings (SSSR count). The molecule has 4 nitrogen and oxygen atoms in total. The largest absolute Gasteiger partial charge is 0.271 e. The Hall–Kier alpha value is -1.17. The van der Waals surface area contributed by atoms with Crippen LogP contribution >= 0.6 is 15.9 Å². The molecule has 0 amide bonds. The number of rotatable bonds is 4. The minimum Gasteiger partial charge on any atom is -0.271 e. The molecule has 96 valence electrons. The normalized spacial score (nSPS) is 12.7. The van der Waals surface area contributed by atoms with Crippen molar-refractivity contribution >= 4 is 15.9 Å². The van der Waals surface area contributed by atoms with Gasteiger partial charge < -0.3 is 0 Å². The molecule has 18 heavy (non-hydrogen) atoms. The fourth-order valence-electron chi connectivity index (χ4n) is 2.00. The monoisotopic (exact) mass is 308 g/mol. The summed E-state index contributed by atoms with van der Waals surface area (Å²) in [6, 6.07) is 8.27. The van der Waals surface area contributed by atoms with Gasteiger partial charge in [0.05, 0.1) is 22.4 Å². The molecule has 0 aliphatic rings. The minimum atomic E-state index is -0.0672. The highest BCUT2D eigenvalue weighted by molar-refractivity contribution is 9.10. The van der Waals surface area contributed by atoms with Crippen LogP contribution in [0.2, 0.25) is 0 Å². The van der Waals surface area contributed by atoms with Crippen LogP contribution in [0, 0.1) is 6.92 Å². The minimum absolute atomic E-state index is 0.0672. The lowest BCUT2D eigenvalue weighted by atomic mass is 10.0. The molecule has 0 fully saturated rings. The van der Waals surface area contributed by atoms with Crippen molar-refractivity contribution in [1.82, 2.24) is 15.2 Å². The Kier molecular flexibility index (Phi) is 4.16. The molecule has 0 bridgehead atoms. The van der Waals surface area contributed by atoms with Crippen LogP contribution < -0.4 is 11.3 Å². The SMILES string of the molecule is CCn1ncc(Br)c1C(NN)c1ccc(C)cc1. The first-order valence-electron chi connectivity index (χ1n) is 5.91. The second kappa shape index (κ2) is 5.65. The second-order valence-electron chi connectivity index (χ2n) is 4.20. The number of hydrogen-bond donors (Lipinski definition) is 2. The zero-order valence-electron chi connectivity index (χ0n) is 10.5. The lowest BCUT2D eigenvalue weighted by Crippen LogP contribution is -2.31. The average molecular weight is 309 g/mol. The topological polar surface area (TPSA) is 55.9 Å². The molecule has 0 aliphatic heterocycles. The van der Waals surface area contributed by atoms with Crippen molar-refractivity contribution in [2.75, 3.05) is 0 Å². The number of nitrogens with two attached hydrogens (primary N) is 1. The van der Waals surface area contributed by atoms with E-state index in [1.807, 2.05) is 4.68 Å². The number of hydrogen-bond acceptors (Lipinski definition) is 3. The summed E-state index contributed by atoms with van der Waals surface area (Å²) in [4.78, 5) is 0. The van der Waals surface area contributed by atoms with E-state index in [4.69, 9.17) is 5.84 Å². The van der Waals surface area contributed by atoms with Crippen LogP contribution in [0.3, 0.4) is 0 Å². The predicted molar refractivity (Wildman–Crippen MR) is 75.9 cm³/mol. The number of aromatic nitrogens is 2. The maximum Gasteiger partial charge on any atom is 0.0889 e. The summed E-state index contributed by atoms with van der Waals surface area (Å²) in [5.41, 5.74) is 6.27. The maximum absolute atomic E-state index is 5.71. The van der Waals surface area contributed by atoms with Crippen LogP contribution in [0.5, 0.6) is 0 Å². The number of nitrogens with one attached hydrogen (secondary N) is 1. The smallest absolute Gasteiger partial charge is 0.0889 e. The molecule has 2 aromatic rings. The fraction of sp³-hybridized carbons (Fsp3) is 0.308. The summed E-state index contributed by atoms with van der Waals surface area (Å²) >= 11 is 3.53. The van der Waals surface area contributed by atoms with Gasteiger partial charge in [-0.3, -0.25) is 10.5 Å². The summed E-state index contributed by atoms with van der Waals surface area (Å²) in [7, 11) is 0. The lowest BCUT2D eigenvalue weighted by Gasteiger charge is -2.18. The van der Waals surface area contributed by atoms with Crippen molar-refractivity contribution in [2.45, 2.75) is 26.4 Å². The number of hydrazine groups is 1. The van der Waals surface area contributed by atoms with E-state index >= 15 is 0 Å². The van der Waals surface area contributed by atoms with Gasteiger partial charge in [-0.1, -0.05) is 29.8 Å². The van der Waals surface area contributed by atoms with Gasteiger partial charge in [0.25, 0.3) is 0 Å². The van der Waals surface area contributed by atoms with Crippen LogP contribution in [0.15, 0.2) is 34.9 Å². The number of benzene rings is 1. The van der Waals surface area contributed by atoms with Gasteiger partial charge in [0, 0.05) is 6.54 Å². The van der Waals surface area contributed by atoms with Crippen molar-refractivity contribution in [1.29, 1.82) is 0 Å². The van der Waals surface area contributed by atoms with E-state index in [1.54, 1.807) is 6.20 Å². The van der Waals surface area contributed by atoms with Crippen molar-refractivity contribution < 1.29 is 0 Å². The van der Waals surface area contributed by atoms with E-state index in [0.29, 0.717) is 0 Å². The van der Waals surface area contributed by atoms with Crippen LogP contribution in [-0.2, 0) is 6.54 Å². The molecular weight excluding hydrogens is 292 g/mol. The summed E-state index contributed by atoms with van der Waals surface area (Å²) in [5, 5.41) is 4.32. The van der Waals surface area contributed by atoms with E-state index in [0.717, 1.165) is 22.3 Å². The van der Waals surface area contributed by atoms with Crippen molar-refractivity contribution in [3.05, 3.63) is 51.8 Å². The van der Waals surface area contributed by atoms with Crippen molar-refractivity contribution in [2.24, 2.45) is 5.84 Å². The Labute approximate surface area is 115 Å². The Morgan fingerprint density at radius 1 is 1.39 bits per heavy atom. The molecule has 0 saturated carbocycles. The van der Waals surface area contributed by atoms with Gasteiger partial charge in [-0.25, -0.2) is 5.43 Å². The predicted octanol–water partition coefficient (Wildman–Crippen LogP) is 2.53. The number of nitrogens with zero attached hydrogens (tertiary/aromatic N) is 2. The Morgan fingerprint density at radius 2 is 2.06 bits per heavy atom. The standard InChI is InChI=1S/C13H17BrN4/c1-3-18-13(11(14)8-16-18)12(17-15)10-6-4-9(2)5-7-10/h4-8,12,17H,3,15H2,1-2H3. The van der Waals surface area contributed by atoms with Gasteiger partial charge in [-0.15, -0.1) is 0 Å². The van der Waals surface area contributed by atoms with Crippen LogP contribution in [-0.4, -0.2) is 9.78 Å². The Balaban J connectivity index is 2.44. The quantitative estimate of drug-likeness (QED) is 0.674. The first kappa shape index (κ1) is 13.3. The average Bonchev–Trinajstić information content (AvgIpc) is 2.74. The highest BCUT2D eigenvalue weighted by atomic mass is 79.9. The van der Waals surface area contributed by atoms with Gasteiger partial charge >= 0.3 is 0 Å². The summed E-state index contributed by atoms with van der Waals surface area (Å²) < 4.78 is 2.90. The fourth-order valence-corrected chi connectivity index (χ4v) is 2.53. The molecule has 0 saturated heterocycles. The first-order chi connectivity index (χ1) is 8.67. The van der Waals surface area contributed by atoms with Gasteiger partial charge in [0.1, 0.15) is 0 Å². The van der Waals surface area contributed by atoms with Crippen LogP contribution in [0.1, 0.15) is 29.8 Å². The molecule has 1 unspecified atom stereocenters. The molecule has 0 radical (unpaired) electrons. The highest BCUT2D eigenvalue weighted by Gasteiger charge is 2.20. The molecule has 1 aromatic heterocycles. The first-order valence-corrected chi connectivity index (χ1v) is 6.70. The molecule has 0 aliphatic carbocycles. The molecule has 3 N–H and O–H groups in total. The number of halogens is 1. The highest BCUT2D eigenvalue weighted by Crippen LogP contribution is 2.28. The zero-order chi connectivity index (χ0) is 13.1. The van der Waals surface area contributed by atoms with Gasteiger partial charge in [-0.05, 0) is 35.3 Å². The van der Waals surface area contributed by atoms with Crippen molar-refractivity contribution in [3.8, 4) is 0 Å². The van der Waals surface area contributed by atoms with E-state index in [-0.39, 0.29) is 6.04 Å². The molecule has 1 aromatic carbocycles. The van der Waals surface area contributed by atoms with E-state index < -0.39 is 0 Å². The third-order valence-corrected chi connectivity index (χ3v) is 3.59. The van der Waals surface area contributed by atoms with Gasteiger partial charge in [0.2, 0.25) is 0 Å². The maximum atomic E-state index is 5.71. The summed E-state index contributed by atoms with van der Waals surface area (Å²) in [5.74, 6) is 5.71. The van der Waals surface area contributed by atoms with Crippen molar-refractivity contribution in [3.63, 3.8) is 0 Å². The lowest BCUT2D eigenvalue weighted by molar-refractivity contribution is 0.542. The molecular formula is C13H17BrN4. The summed E-state index contributed by atoms with van der Waals surface area (Å²) in [6.45, 7) is 4.94. The van der Waals surface area contributed by atoms with E-state index in [1.165, 1.54) is 5.56 Å². The second-order valence-corrected chi connectivity index (χ2v) is 5.06. The van der Waals surface area contributed by atoms with Gasteiger partial charge in [0.15, 0.2) is 0 Å². The summed E-state index contributed by atoms with van der Waals surface area (Å²) in [6.07, 6.45) is 1.80. The Morgan fingerprint density at radius 3 is 2.61 bits per heavy atom.